The van der Waals surface area contributed by atoms with Crippen molar-refractivity contribution < 1.29 is 19.1 Å². The van der Waals surface area contributed by atoms with Crippen molar-refractivity contribution in [3.63, 3.8) is 0 Å². The van der Waals surface area contributed by atoms with Gasteiger partial charge in [0.05, 0.1) is 12.2 Å². The van der Waals surface area contributed by atoms with Crippen molar-refractivity contribution in [2.45, 2.75) is 57.5 Å². The monoisotopic (exact) mass is 304 g/mol. The maximum Gasteiger partial charge on any atom is 0.350 e. The molecule has 1 aliphatic rings. The van der Waals surface area contributed by atoms with Gasteiger partial charge < -0.3 is 9.47 Å². The molecule has 120 valence electrons. The molecule has 22 heavy (non-hydrogen) atoms. The third-order valence-corrected chi connectivity index (χ3v) is 4.06. The lowest BCUT2D eigenvalue weighted by Gasteiger charge is -2.34. The van der Waals surface area contributed by atoms with Gasteiger partial charge in [-0.2, -0.15) is 0 Å². The minimum atomic E-state index is -1.10. The lowest BCUT2D eigenvalue weighted by molar-refractivity contribution is -0.169. The van der Waals surface area contributed by atoms with Gasteiger partial charge in [-0.3, -0.25) is 0 Å². The summed E-state index contributed by atoms with van der Waals surface area (Å²) < 4.78 is 11.0. The maximum absolute atomic E-state index is 12.5. The first-order valence-corrected chi connectivity index (χ1v) is 8.13. The number of unbranched alkanes of at least 4 members (excludes halogenated alkanes) is 1. The fourth-order valence-corrected chi connectivity index (χ4v) is 2.72. The number of rotatable bonds is 6. The highest BCUT2D eigenvalue weighted by atomic mass is 16.6. The van der Waals surface area contributed by atoms with Crippen LogP contribution in [0, 0.1) is 0 Å². The van der Waals surface area contributed by atoms with Crippen LogP contribution < -0.4 is 0 Å². The molecule has 0 aromatic heterocycles. The smallest absolute Gasteiger partial charge is 0.350 e. The van der Waals surface area contributed by atoms with E-state index in [1.807, 2.05) is 13.0 Å². The first-order chi connectivity index (χ1) is 10.7. The first kappa shape index (κ1) is 16.5. The summed E-state index contributed by atoms with van der Waals surface area (Å²) in [6.45, 7) is 2.43. The molecule has 0 saturated heterocycles. The van der Waals surface area contributed by atoms with Crippen LogP contribution in [0.1, 0.15) is 62.2 Å². The number of hydrogen-bond donors (Lipinski definition) is 0. The van der Waals surface area contributed by atoms with E-state index < -0.39 is 11.6 Å². The maximum atomic E-state index is 12.5. The zero-order valence-electron chi connectivity index (χ0n) is 13.2. The molecule has 0 bridgehead atoms. The zero-order valence-corrected chi connectivity index (χ0v) is 13.2. The molecule has 4 nitrogen and oxygen atoms in total. The quantitative estimate of drug-likeness (QED) is 0.591. The Morgan fingerprint density at radius 1 is 1.09 bits per heavy atom. The van der Waals surface area contributed by atoms with Gasteiger partial charge in [-0.15, -0.1) is 0 Å². The van der Waals surface area contributed by atoms with E-state index in [4.69, 9.17) is 9.47 Å². The summed E-state index contributed by atoms with van der Waals surface area (Å²) >= 11 is 0. The number of ether oxygens (including phenoxy) is 2. The fourth-order valence-electron chi connectivity index (χ4n) is 2.72. The molecule has 0 heterocycles. The van der Waals surface area contributed by atoms with Crippen LogP contribution in [0.15, 0.2) is 30.3 Å². The zero-order chi connectivity index (χ0) is 15.8. The number of esters is 2. The molecular formula is C18H24O4. The summed E-state index contributed by atoms with van der Waals surface area (Å²) in [5.41, 5.74) is -0.632. The van der Waals surface area contributed by atoms with Crippen molar-refractivity contribution in [2.75, 3.05) is 6.61 Å². The molecule has 1 aromatic rings. The predicted molar refractivity (Wildman–Crippen MR) is 83.5 cm³/mol. The standard InChI is InChI=1S/C18H24O4/c1-2-3-14-21-17(20)18(12-8-5-9-13-18)22-16(19)15-10-6-4-7-11-15/h4,6-7,10-11H,2-3,5,8-9,12-14H2,1H3. The van der Waals surface area contributed by atoms with E-state index >= 15 is 0 Å². The second-order valence-corrected chi connectivity index (χ2v) is 5.80. The Morgan fingerprint density at radius 2 is 1.77 bits per heavy atom. The van der Waals surface area contributed by atoms with Crippen LogP contribution in [0.2, 0.25) is 0 Å². The molecule has 2 rings (SSSR count). The normalized spacial score (nSPS) is 16.8. The molecule has 0 atom stereocenters. The van der Waals surface area contributed by atoms with E-state index in [9.17, 15) is 9.59 Å². The minimum Gasteiger partial charge on any atom is -0.463 e. The van der Waals surface area contributed by atoms with Gasteiger partial charge in [0.1, 0.15) is 0 Å². The van der Waals surface area contributed by atoms with E-state index in [2.05, 4.69) is 0 Å². The molecule has 1 saturated carbocycles. The molecule has 4 heteroatoms. The molecule has 1 aliphatic carbocycles. The van der Waals surface area contributed by atoms with E-state index in [1.165, 1.54) is 0 Å². The topological polar surface area (TPSA) is 52.6 Å². The van der Waals surface area contributed by atoms with Gasteiger partial charge in [-0.05, 0) is 44.2 Å². The van der Waals surface area contributed by atoms with E-state index in [-0.39, 0.29) is 5.97 Å². The van der Waals surface area contributed by atoms with Crippen molar-refractivity contribution >= 4 is 11.9 Å². The van der Waals surface area contributed by atoms with E-state index in [0.717, 1.165) is 32.1 Å². The Labute approximate surface area is 131 Å². The molecular weight excluding hydrogens is 280 g/mol. The first-order valence-electron chi connectivity index (χ1n) is 8.13. The number of hydrogen-bond acceptors (Lipinski definition) is 4. The molecule has 0 N–H and O–H groups in total. The third-order valence-electron chi connectivity index (χ3n) is 4.06. The highest BCUT2D eigenvalue weighted by molar-refractivity contribution is 5.92. The summed E-state index contributed by atoms with van der Waals surface area (Å²) in [5, 5.41) is 0. The predicted octanol–water partition coefficient (Wildman–Crippen LogP) is 3.89. The SMILES string of the molecule is CCCCOC(=O)C1(OC(=O)c2ccccc2)CCCCC1. The van der Waals surface area contributed by atoms with Crippen molar-refractivity contribution in [1.29, 1.82) is 0 Å². The Kier molecular flexibility index (Phi) is 5.99. The summed E-state index contributed by atoms with van der Waals surface area (Å²) in [7, 11) is 0. The molecule has 0 amide bonds. The molecule has 0 radical (unpaired) electrons. The fraction of sp³-hybridized carbons (Fsp3) is 0.556. The van der Waals surface area contributed by atoms with Crippen LogP contribution in [0.25, 0.3) is 0 Å². The lowest BCUT2D eigenvalue weighted by atomic mass is 9.84. The van der Waals surface area contributed by atoms with Crippen molar-refractivity contribution in [1.82, 2.24) is 0 Å². The van der Waals surface area contributed by atoms with Gasteiger partial charge in [-0.25, -0.2) is 9.59 Å². The summed E-state index contributed by atoms with van der Waals surface area (Å²) in [5.74, 6) is -0.833. The van der Waals surface area contributed by atoms with Crippen LogP contribution in [0.5, 0.6) is 0 Å². The van der Waals surface area contributed by atoms with Crippen molar-refractivity contribution in [3.8, 4) is 0 Å². The largest absolute Gasteiger partial charge is 0.463 e. The summed E-state index contributed by atoms with van der Waals surface area (Å²) in [6, 6.07) is 8.79. The van der Waals surface area contributed by atoms with Crippen LogP contribution in [0.4, 0.5) is 0 Å². The Hall–Kier alpha value is -1.84. The highest BCUT2D eigenvalue weighted by Crippen LogP contribution is 2.33. The second-order valence-electron chi connectivity index (χ2n) is 5.80. The third kappa shape index (κ3) is 4.09. The summed E-state index contributed by atoms with van der Waals surface area (Å²) in [4.78, 5) is 24.8. The van der Waals surface area contributed by atoms with Crippen molar-refractivity contribution in [3.05, 3.63) is 35.9 Å². The van der Waals surface area contributed by atoms with Gasteiger partial charge in [0.2, 0.25) is 5.60 Å². The van der Waals surface area contributed by atoms with Gasteiger partial charge in [-0.1, -0.05) is 38.0 Å². The molecule has 0 spiro atoms. The van der Waals surface area contributed by atoms with Gasteiger partial charge >= 0.3 is 11.9 Å². The van der Waals surface area contributed by atoms with Crippen molar-refractivity contribution in [2.24, 2.45) is 0 Å². The van der Waals surface area contributed by atoms with Gasteiger partial charge in [0.15, 0.2) is 0 Å². The van der Waals surface area contributed by atoms with E-state index in [0.29, 0.717) is 25.0 Å². The second kappa shape index (κ2) is 7.97. The minimum absolute atomic E-state index is 0.384. The Bertz CT molecular complexity index is 489. The van der Waals surface area contributed by atoms with E-state index in [1.54, 1.807) is 24.3 Å². The lowest BCUT2D eigenvalue weighted by Crippen LogP contribution is -2.46. The van der Waals surface area contributed by atoms with Crippen LogP contribution >= 0.6 is 0 Å². The molecule has 1 fully saturated rings. The number of carbonyl (C=O) groups is 2. The van der Waals surface area contributed by atoms with Crippen LogP contribution in [-0.2, 0) is 14.3 Å². The Morgan fingerprint density at radius 3 is 2.41 bits per heavy atom. The highest BCUT2D eigenvalue weighted by Gasteiger charge is 2.45. The number of carbonyl (C=O) groups excluding carboxylic acids is 2. The van der Waals surface area contributed by atoms with Crippen LogP contribution in [0.3, 0.4) is 0 Å². The molecule has 0 aliphatic heterocycles. The van der Waals surface area contributed by atoms with Crippen LogP contribution in [-0.4, -0.2) is 24.1 Å². The number of benzene rings is 1. The Balaban J connectivity index is 2.08. The summed E-state index contributed by atoms with van der Waals surface area (Å²) in [6.07, 6.45) is 5.72. The average Bonchev–Trinajstić information content (AvgIpc) is 2.56. The molecule has 0 unspecified atom stereocenters. The molecule has 1 aromatic carbocycles. The van der Waals surface area contributed by atoms with Gasteiger partial charge in [0, 0.05) is 0 Å². The average molecular weight is 304 g/mol. The van der Waals surface area contributed by atoms with Gasteiger partial charge in [0.25, 0.3) is 0 Å².